The second kappa shape index (κ2) is 27.2. The minimum Gasteiger partial charge on any atom is -0.415 e. The Kier molecular flexibility index (Phi) is 20.6. The van der Waals surface area contributed by atoms with E-state index in [9.17, 15) is 35.9 Å². The van der Waals surface area contributed by atoms with E-state index in [4.69, 9.17) is 20.4 Å². The van der Waals surface area contributed by atoms with Gasteiger partial charge in [0.15, 0.2) is 0 Å². The van der Waals surface area contributed by atoms with Gasteiger partial charge in [0.2, 0.25) is 11.8 Å². The molecule has 22 heteroatoms. The number of anilines is 2. The Balaban J connectivity index is 0.000000207. The summed E-state index contributed by atoms with van der Waals surface area (Å²) < 4.78 is 90.0. The zero-order chi connectivity index (χ0) is 50.7. The number of para-hydroxylation sites is 2. The molecule has 4 aromatic carbocycles. The summed E-state index contributed by atoms with van der Waals surface area (Å²) in [6.07, 6.45) is -1.54. The van der Waals surface area contributed by atoms with Gasteiger partial charge in [-0.05, 0) is 88.6 Å². The fourth-order valence-corrected chi connectivity index (χ4v) is 7.50. The number of urea groups is 2. The smallest absolute Gasteiger partial charge is 0.322 e. The van der Waals surface area contributed by atoms with Crippen molar-refractivity contribution in [3.05, 3.63) is 132 Å². The maximum atomic E-state index is 15.0. The number of aromatic nitrogens is 4. The topological polar surface area (TPSA) is 152 Å². The standard InChI is InChI=1S/C24H27F3N6O2.C19H16ClF3N4O2.C6H13N/c1-31-11-13-32(14-12-31)10-9-28-24(34)33(19-5-3-2-4-6-19)16-18-8-7-17(15-20(18)25)22-29-30-23(35-22)21(26)27;20-8-9-24-19(28)27(14-4-2-1-3-5-14)11-13-7-6-12(10-15(13)21)17-25-26-18(29-17)16(22)23;1-7-5-3-2-4-6-7/h2-8,15,21H,9-14,16H2,1H3,(H,28,34);1-7,10,16H,8-9,11H2,(H,24,28);2-6H2,1H3. The lowest BCUT2D eigenvalue weighted by molar-refractivity contribution is 0.115. The molecule has 2 aliphatic heterocycles. The van der Waals surface area contributed by atoms with E-state index in [0.717, 1.165) is 44.9 Å². The van der Waals surface area contributed by atoms with Crippen LogP contribution < -0.4 is 20.4 Å². The fourth-order valence-electron chi connectivity index (χ4n) is 7.40. The number of rotatable bonds is 15. The summed E-state index contributed by atoms with van der Waals surface area (Å²) in [5.41, 5.74) is 1.98. The normalized spacial score (nSPS) is 14.3. The van der Waals surface area contributed by atoms with Gasteiger partial charge in [-0.2, -0.15) is 17.6 Å². The van der Waals surface area contributed by atoms with Crippen LogP contribution in [0.2, 0.25) is 0 Å². The molecule has 380 valence electrons. The van der Waals surface area contributed by atoms with Crippen LogP contribution in [-0.4, -0.2) is 126 Å². The average molecular weight is 1010 g/mol. The largest absolute Gasteiger partial charge is 0.415 e. The van der Waals surface area contributed by atoms with Gasteiger partial charge in [0.1, 0.15) is 11.6 Å². The Morgan fingerprint density at radius 2 is 1.04 bits per heavy atom. The van der Waals surface area contributed by atoms with Crippen molar-refractivity contribution in [2.24, 2.45) is 0 Å². The highest BCUT2D eigenvalue weighted by Gasteiger charge is 2.23. The van der Waals surface area contributed by atoms with Crippen molar-refractivity contribution in [3.63, 3.8) is 0 Å². The molecule has 0 aliphatic carbocycles. The first kappa shape index (κ1) is 53.8. The summed E-state index contributed by atoms with van der Waals surface area (Å²) in [7, 11) is 4.28. The summed E-state index contributed by atoms with van der Waals surface area (Å²) in [5, 5.41) is 19.1. The minimum absolute atomic E-state index is 0.0252. The third-order valence-corrected chi connectivity index (χ3v) is 11.6. The lowest BCUT2D eigenvalue weighted by Crippen LogP contribution is -2.48. The van der Waals surface area contributed by atoms with Crippen molar-refractivity contribution in [2.45, 2.75) is 45.2 Å². The van der Waals surface area contributed by atoms with E-state index in [1.807, 2.05) is 6.07 Å². The van der Waals surface area contributed by atoms with Gasteiger partial charge >= 0.3 is 24.9 Å². The molecule has 2 aromatic heterocycles. The Morgan fingerprint density at radius 1 is 0.606 bits per heavy atom. The van der Waals surface area contributed by atoms with E-state index in [1.54, 1.807) is 54.6 Å². The van der Waals surface area contributed by atoms with Crippen LogP contribution in [0.25, 0.3) is 22.9 Å². The Labute approximate surface area is 412 Å². The molecule has 4 amide bonds. The molecule has 0 atom stereocenters. The summed E-state index contributed by atoms with van der Waals surface area (Å²) >= 11 is 5.62. The van der Waals surface area contributed by atoms with E-state index in [2.05, 4.69) is 59.8 Å². The number of hydrogen-bond donors (Lipinski definition) is 2. The van der Waals surface area contributed by atoms with Crippen LogP contribution in [0.5, 0.6) is 0 Å². The molecule has 4 heterocycles. The number of likely N-dealkylation sites (tertiary alicyclic amines) is 1. The van der Waals surface area contributed by atoms with Crippen molar-refractivity contribution in [2.75, 3.05) is 88.7 Å². The number of benzene rings is 4. The number of nitrogens with one attached hydrogen (secondary N) is 2. The van der Waals surface area contributed by atoms with E-state index in [-0.39, 0.29) is 65.6 Å². The van der Waals surface area contributed by atoms with Crippen LogP contribution in [0.4, 0.5) is 47.3 Å². The quantitative estimate of drug-likeness (QED) is 0.0748. The van der Waals surface area contributed by atoms with Crippen molar-refractivity contribution in [1.82, 2.24) is 45.7 Å². The molecule has 2 fully saturated rings. The SMILES string of the molecule is CN1CCCCC1.CN1CCN(CCNC(=O)N(Cc2ccc(-c3nnc(C(F)F)o3)cc2F)c2ccccc2)CC1.O=C(NCCCl)N(Cc1ccc(-c2nnc(C(F)F)o2)cc1F)c1ccccc1. The molecule has 0 bridgehead atoms. The molecule has 6 aromatic rings. The van der Waals surface area contributed by atoms with Gasteiger partial charge in [-0.3, -0.25) is 14.7 Å². The maximum Gasteiger partial charge on any atom is 0.322 e. The Hall–Kier alpha value is -6.55. The van der Waals surface area contributed by atoms with E-state index < -0.39 is 42.3 Å². The molecule has 71 heavy (non-hydrogen) atoms. The van der Waals surface area contributed by atoms with Crippen molar-refractivity contribution < 1.29 is 44.8 Å². The van der Waals surface area contributed by atoms with Gasteiger partial charge in [0.05, 0.1) is 13.1 Å². The molecular formula is C49H56ClF6N11O4. The number of piperazine rings is 1. The number of carbonyl (C=O) groups excluding carboxylic acids is 2. The highest BCUT2D eigenvalue weighted by atomic mass is 35.5. The van der Waals surface area contributed by atoms with Gasteiger partial charge in [0, 0.05) is 85.3 Å². The lowest BCUT2D eigenvalue weighted by Gasteiger charge is -2.32. The molecule has 2 aliphatic rings. The van der Waals surface area contributed by atoms with Crippen LogP contribution in [-0.2, 0) is 13.1 Å². The van der Waals surface area contributed by atoms with Crippen LogP contribution in [0.3, 0.4) is 0 Å². The molecule has 2 N–H and O–H groups in total. The number of carbonyl (C=O) groups is 2. The summed E-state index contributed by atoms with van der Waals surface area (Å²) in [6.45, 7) is 7.90. The van der Waals surface area contributed by atoms with Gasteiger partial charge in [-0.25, -0.2) is 18.4 Å². The summed E-state index contributed by atoms with van der Waals surface area (Å²) in [4.78, 5) is 35.4. The number of amides is 4. The van der Waals surface area contributed by atoms with Crippen LogP contribution in [0, 0.1) is 11.6 Å². The number of likely N-dealkylation sites (N-methyl/N-ethyl adjacent to an activating group) is 1. The fraction of sp³-hybridized carbons (Fsp3) is 0.388. The first-order valence-electron chi connectivity index (χ1n) is 23.0. The summed E-state index contributed by atoms with van der Waals surface area (Å²) in [5.74, 6) is -3.11. The monoisotopic (exact) mass is 1010 g/mol. The minimum atomic E-state index is -2.91. The van der Waals surface area contributed by atoms with E-state index >= 15 is 0 Å². The number of halogens is 7. The second-order valence-electron chi connectivity index (χ2n) is 16.6. The molecular weight excluding hydrogens is 956 g/mol. The third-order valence-electron chi connectivity index (χ3n) is 11.4. The average Bonchev–Trinajstić information content (AvgIpc) is 4.09. The number of hydrogen-bond acceptors (Lipinski definition) is 11. The van der Waals surface area contributed by atoms with Crippen molar-refractivity contribution in [3.8, 4) is 22.9 Å². The number of alkyl halides is 5. The summed E-state index contributed by atoms with van der Waals surface area (Å²) in [6, 6.07) is 25.1. The van der Waals surface area contributed by atoms with Gasteiger partial charge < -0.3 is 29.3 Å². The molecule has 0 saturated carbocycles. The zero-order valence-corrected chi connectivity index (χ0v) is 40.1. The highest BCUT2D eigenvalue weighted by molar-refractivity contribution is 6.18. The maximum absolute atomic E-state index is 15.0. The van der Waals surface area contributed by atoms with Crippen LogP contribution in [0.15, 0.2) is 106 Å². The molecule has 0 radical (unpaired) electrons. The predicted octanol–water partition coefficient (Wildman–Crippen LogP) is 9.65. The Bertz CT molecular complexity index is 2570. The van der Waals surface area contributed by atoms with Gasteiger partial charge in [0.25, 0.3) is 11.8 Å². The number of piperidine rings is 1. The first-order valence-corrected chi connectivity index (χ1v) is 23.5. The zero-order valence-electron chi connectivity index (χ0n) is 39.3. The molecule has 8 rings (SSSR count). The number of nitrogens with zero attached hydrogens (tertiary/aromatic N) is 9. The molecule has 0 unspecified atom stereocenters. The Morgan fingerprint density at radius 3 is 1.42 bits per heavy atom. The first-order chi connectivity index (χ1) is 34.3. The lowest BCUT2D eigenvalue weighted by atomic mass is 10.1. The highest BCUT2D eigenvalue weighted by Crippen LogP contribution is 2.28. The predicted molar refractivity (Wildman–Crippen MR) is 257 cm³/mol. The molecule has 0 spiro atoms. The third kappa shape index (κ3) is 16.2. The van der Waals surface area contributed by atoms with E-state index in [0.29, 0.717) is 17.9 Å². The second-order valence-corrected chi connectivity index (χ2v) is 17.0. The van der Waals surface area contributed by atoms with Crippen LogP contribution in [0.1, 0.15) is 55.0 Å². The van der Waals surface area contributed by atoms with E-state index in [1.165, 1.54) is 66.4 Å². The van der Waals surface area contributed by atoms with Crippen molar-refractivity contribution in [1.29, 1.82) is 0 Å². The molecule has 15 nitrogen and oxygen atoms in total. The molecule has 2 saturated heterocycles. The van der Waals surface area contributed by atoms with Gasteiger partial charge in [-0.15, -0.1) is 32.0 Å². The van der Waals surface area contributed by atoms with Crippen molar-refractivity contribution >= 4 is 35.0 Å². The van der Waals surface area contributed by atoms with Gasteiger partial charge in [-0.1, -0.05) is 55.0 Å². The van der Waals surface area contributed by atoms with Crippen LogP contribution >= 0.6 is 11.6 Å².